The zero-order chi connectivity index (χ0) is 20.9. The normalized spacial score (nSPS) is 16.9. The highest BCUT2D eigenvalue weighted by Crippen LogP contribution is 2.20. The Morgan fingerprint density at radius 3 is 2.70 bits per heavy atom. The summed E-state index contributed by atoms with van der Waals surface area (Å²) < 4.78 is 16.3. The summed E-state index contributed by atoms with van der Waals surface area (Å²) in [7, 11) is 5.28. The molecule has 0 bridgehead atoms. The summed E-state index contributed by atoms with van der Waals surface area (Å²) in [5, 5.41) is 6.90. The summed E-state index contributed by atoms with van der Waals surface area (Å²) in [6, 6.07) is 6.85. The van der Waals surface area contributed by atoms with E-state index in [0.717, 1.165) is 49.9 Å². The second-order valence-electron chi connectivity index (χ2n) is 7.44. The van der Waals surface area contributed by atoms with Gasteiger partial charge in [0.05, 0.1) is 13.2 Å². The Morgan fingerprint density at radius 1 is 1.17 bits per heavy atom. The van der Waals surface area contributed by atoms with Crippen molar-refractivity contribution >= 4 is 29.9 Å². The molecule has 2 N–H and O–H groups in total. The van der Waals surface area contributed by atoms with E-state index in [4.69, 9.17) is 14.2 Å². The number of methoxy groups -OCH3 is 2. The molecule has 7 nitrogen and oxygen atoms in total. The lowest BCUT2D eigenvalue weighted by molar-refractivity contribution is 0.141. The second-order valence-corrected chi connectivity index (χ2v) is 7.44. The quantitative estimate of drug-likeness (QED) is 0.186. The number of aliphatic imine (C=N–C) groups is 1. The fraction of sp³-hybridized carbons (Fsp3) is 0.682. The molecule has 0 amide bonds. The van der Waals surface area contributed by atoms with Gasteiger partial charge in [-0.2, -0.15) is 0 Å². The minimum Gasteiger partial charge on any atom is -0.493 e. The third kappa shape index (κ3) is 9.36. The molecule has 1 aromatic rings. The van der Waals surface area contributed by atoms with Gasteiger partial charge < -0.3 is 24.8 Å². The molecular weight excluding hydrogens is 495 g/mol. The van der Waals surface area contributed by atoms with Crippen LogP contribution < -0.4 is 15.4 Å². The van der Waals surface area contributed by atoms with E-state index in [1.807, 2.05) is 7.05 Å². The fourth-order valence-corrected chi connectivity index (χ4v) is 3.57. The van der Waals surface area contributed by atoms with E-state index in [0.29, 0.717) is 25.8 Å². The molecule has 0 aromatic heterocycles. The smallest absolute Gasteiger partial charge is 0.191 e. The monoisotopic (exact) mass is 534 g/mol. The van der Waals surface area contributed by atoms with Crippen molar-refractivity contribution in [1.82, 2.24) is 15.5 Å². The molecule has 1 aromatic carbocycles. The van der Waals surface area contributed by atoms with Crippen molar-refractivity contribution in [3.05, 3.63) is 29.3 Å². The van der Waals surface area contributed by atoms with Gasteiger partial charge in [-0.15, -0.1) is 24.0 Å². The van der Waals surface area contributed by atoms with Gasteiger partial charge in [-0.25, -0.2) is 0 Å². The minimum atomic E-state index is 0. The van der Waals surface area contributed by atoms with Gasteiger partial charge in [0.1, 0.15) is 5.75 Å². The highest BCUT2D eigenvalue weighted by atomic mass is 127. The van der Waals surface area contributed by atoms with Crippen molar-refractivity contribution in [3.8, 4) is 5.75 Å². The summed E-state index contributed by atoms with van der Waals surface area (Å²) >= 11 is 0. The molecule has 0 aliphatic carbocycles. The topological polar surface area (TPSA) is 67.4 Å². The first kappa shape index (κ1) is 26.9. The van der Waals surface area contributed by atoms with Crippen molar-refractivity contribution in [2.45, 2.75) is 38.8 Å². The highest BCUT2D eigenvalue weighted by molar-refractivity contribution is 14.0. The maximum atomic E-state index is 5.98. The number of rotatable bonds is 12. The molecule has 1 saturated heterocycles. The van der Waals surface area contributed by atoms with Crippen LogP contribution in [0.2, 0.25) is 0 Å². The van der Waals surface area contributed by atoms with Gasteiger partial charge in [-0.3, -0.25) is 9.89 Å². The number of aryl methyl sites for hydroxylation is 1. The van der Waals surface area contributed by atoms with Crippen LogP contribution in [0.3, 0.4) is 0 Å². The summed E-state index contributed by atoms with van der Waals surface area (Å²) in [6.45, 7) is 7.90. The first-order chi connectivity index (χ1) is 14.2. The largest absolute Gasteiger partial charge is 0.493 e. The van der Waals surface area contributed by atoms with E-state index in [9.17, 15) is 0 Å². The van der Waals surface area contributed by atoms with Gasteiger partial charge in [-0.1, -0.05) is 12.1 Å². The predicted octanol–water partition coefficient (Wildman–Crippen LogP) is 2.80. The van der Waals surface area contributed by atoms with Crippen LogP contribution in [-0.4, -0.2) is 77.6 Å². The summed E-state index contributed by atoms with van der Waals surface area (Å²) in [6.07, 6.45) is 3.34. The molecule has 172 valence electrons. The Labute approximate surface area is 199 Å². The van der Waals surface area contributed by atoms with Crippen molar-refractivity contribution in [2.75, 3.05) is 60.7 Å². The zero-order valence-electron chi connectivity index (χ0n) is 18.9. The number of nitrogens with one attached hydrogen (secondary N) is 2. The zero-order valence-corrected chi connectivity index (χ0v) is 21.2. The van der Waals surface area contributed by atoms with Crippen molar-refractivity contribution in [3.63, 3.8) is 0 Å². The Morgan fingerprint density at radius 2 is 1.97 bits per heavy atom. The highest BCUT2D eigenvalue weighted by Gasteiger charge is 2.23. The average Bonchev–Trinajstić information content (AvgIpc) is 3.18. The Bertz CT molecular complexity index is 630. The third-order valence-corrected chi connectivity index (χ3v) is 5.23. The van der Waals surface area contributed by atoms with E-state index < -0.39 is 0 Å². The minimum absolute atomic E-state index is 0. The molecule has 1 heterocycles. The molecule has 8 heteroatoms. The van der Waals surface area contributed by atoms with Crippen molar-refractivity contribution in [1.29, 1.82) is 0 Å². The molecule has 2 rings (SSSR count). The Balaban J connectivity index is 0.00000450. The maximum Gasteiger partial charge on any atom is 0.191 e. The standard InChI is InChI=1S/C22H38N4O3.HI/c1-18-8-9-19(21(15-18)29-13-6-12-27-3)16-24-22(23-2)25-17-20-7-5-10-26(20)11-14-28-4;/h8-9,15,20H,5-7,10-14,16-17H2,1-4H3,(H2,23,24,25);1H. The summed E-state index contributed by atoms with van der Waals surface area (Å²) in [5.74, 6) is 1.74. The van der Waals surface area contributed by atoms with Gasteiger partial charge in [-0.05, 0) is 37.9 Å². The molecule has 0 saturated carbocycles. The van der Waals surface area contributed by atoms with Gasteiger partial charge in [0.15, 0.2) is 5.96 Å². The molecule has 30 heavy (non-hydrogen) atoms. The van der Waals surface area contributed by atoms with Gasteiger partial charge >= 0.3 is 0 Å². The Hall–Kier alpha value is -1.10. The molecule has 0 radical (unpaired) electrons. The number of likely N-dealkylation sites (tertiary alicyclic amines) is 1. The molecule has 1 fully saturated rings. The first-order valence-corrected chi connectivity index (χ1v) is 10.6. The number of ether oxygens (including phenoxy) is 3. The fourth-order valence-electron chi connectivity index (χ4n) is 3.57. The van der Waals surface area contributed by atoms with Gasteiger partial charge in [0, 0.05) is 65.5 Å². The van der Waals surface area contributed by atoms with E-state index in [-0.39, 0.29) is 24.0 Å². The summed E-state index contributed by atoms with van der Waals surface area (Å²) in [5.41, 5.74) is 2.31. The lowest BCUT2D eigenvalue weighted by Gasteiger charge is -2.25. The van der Waals surface area contributed by atoms with Crippen LogP contribution in [0.15, 0.2) is 23.2 Å². The first-order valence-electron chi connectivity index (χ1n) is 10.6. The Kier molecular flexibility index (Phi) is 14.1. The second kappa shape index (κ2) is 15.7. The molecule has 1 aliphatic heterocycles. The van der Waals surface area contributed by atoms with Crippen LogP contribution in [0.4, 0.5) is 0 Å². The SMILES string of the molecule is CN=C(NCc1ccc(C)cc1OCCCOC)NCC1CCCN1CCOC.I. The van der Waals surface area contributed by atoms with Crippen LogP contribution in [0.1, 0.15) is 30.4 Å². The predicted molar refractivity (Wildman–Crippen MR) is 133 cm³/mol. The molecule has 1 unspecified atom stereocenters. The van der Waals surface area contributed by atoms with E-state index in [1.165, 1.54) is 18.4 Å². The van der Waals surface area contributed by atoms with Crippen LogP contribution in [0.5, 0.6) is 5.75 Å². The number of nitrogens with zero attached hydrogens (tertiary/aromatic N) is 2. The number of hydrogen-bond acceptors (Lipinski definition) is 5. The molecular formula is C22H39IN4O3. The molecule has 1 aliphatic rings. The van der Waals surface area contributed by atoms with E-state index >= 15 is 0 Å². The number of benzene rings is 1. The van der Waals surface area contributed by atoms with E-state index in [2.05, 4.69) is 45.6 Å². The summed E-state index contributed by atoms with van der Waals surface area (Å²) in [4.78, 5) is 6.87. The number of guanidine groups is 1. The van der Waals surface area contributed by atoms with E-state index in [1.54, 1.807) is 14.2 Å². The third-order valence-electron chi connectivity index (χ3n) is 5.23. The van der Waals surface area contributed by atoms with Gasteiger partial charge in [0.25, 0.3) is 0 Å². The molecule has 0 spiro atoms. The van der Waals surface area contributed by atoms with Gasteiger partial charge in [0.2, 0.25) is 0 Å². The molecule has 1 atom stereocenters. The number of halogens is 1. The number of hydrogen-bond donors (Lipinski definition) is 2. The lowest BCUT2D eigenvalue weighted by atomic mass is 10.1. The van der Waals surface area contributed by atoms with Crippen LogP contribution in [0.25, 0.3) is 0 Å². The van der Waals surface area contributed by atoms with Crippen LogP contribution in [0, 0.1) is 6.92 Å². The van der Waals surface area contributed by atoms with Crippen molar-refractivity contribution in [2.24, 2.45) is 4.99 Å². The van der Waals surface area contributed by atoms with Crippen LogP contribution in [-0.2, 0) is 16.0 Å². The maximum absolute atomic E-state index is 5.98. The average molecular weight is 534 g/mol. The van der Waals surface area contributed by atoms with Crippen molar-refractivity contribution < 1.29 is 14.2 Å². The van der Waals surface area contributed by atoms with Crippen LogP contribution >= 0.6 is 24.0 Å². The lowest BCUT2D eigenvalue weighted by Crippen LogP contribution is -2.45.